The summed E-state index contributed by atoms with van der Waals surface area (Å²) in [4.78, 5) is 0. The summed E-state index contributed by atoms with van der Waals surface area (Å²) in [7, 11) is 0. The van der Waals surface area contributed by atoms with Gasteiger partial charge in [0.1, 0.15) is 18.5 Å². The molecule has 3 nitrogen and oxygen atoms in total. The van der Waals surface area contributed by atoms with Crippen molar-refractivity contribution in [3.8, 4) is 5.75 Å². The van der Waals surface area contributed by atoms with E-state index >= 15 is 0 Å². The fourth-order valence-electron chi connectivity index (χ4n) is 1.54. The first-order valence-corrected chi connectivity index (χ1v) is 8.59. The molecule has 2 unspecified atom stereocenters. The molecule has 0 heterocycles. The quantitative estimate of drug-likeness (QED) is 0.720. The number of aliphatic hydroxyl groups is 1. The van der Waals surface area contributed by atoms with E-state index in [-0.39, 0.29) is 0 Å². The Balaban J connectivity index is 2.19. The Hall–Kier alpha value is -0.230. The molecule has 0 aliphatic rings. The Bertz CT molecular complexity index is 365. The SMILES string of the molecule is CSCCC(C)NCC(O)COc1cccc(Br)c1. The molecular weight excluding hydrogens is 326 g/mol. The lowest BCUT2D eigenvalue weighted by molar-refractivity contribution is 0.104. The van der Waals surface area contributed by atoms with E-state index in [2.05, 4.69) is 34.4 Å². The molecule has 108 valence electrons. The van der Waals surface area contributed by atoms with Gasteiger partial charge in [0.25, 0.3) is 0 Å². The highest BCUT2D eigenvalue weighted by molar-refractivity contribution is 9.10. The molecule has 0 saturated heterocycles. The van der Waals surface area contributed by atoms with E-state index in [1.807, 2.05) is 36.0 Å². The van der Waals surface area contributed by atoms with E-state index in [0.29, 0.717) is 19.2 Å². The van der Waals surface area contributed by atoms with Gasteiger partial charge in [-0.3, -0.25) is 0 Å². The Morgan fingerprint density at radius 3 is 2.95 bits per heavy atom. The van der Waals surface area contributed by atoms with Crippen LogP contribution in [0.3, 0.4) is 0 Å². The largest absolute Gasteiger partial charge is 0.491 e. The molecule has 1 aromatic rings. The Morgan fingerprint density at radius 1 is 1.47 bits per heavy atom. The number of aliphatic hydroxyl groups excluding tert-OH is 1. The third-order valence-electron chi connectivity index (χ3n) is 2.70. The molecule has 0 aliphatic heterocycles. The summed E-state index contributed by atoms with van der Waals surface area (Å²) < 4.78 is 6.51. The molecule has 0 aliphatic carbocycles. The molecule has 0 saturated carbocycles. The van der Waals surface area contributed by atoms with Crippen molar-refractivity contribution in [3.63, 3.8) is 0 Å². The molecule has 0 bridgehead atoms. The van der Waals surface area contributed by atoms with Crippen molar-refractivity contribution in [2.75, 3.05) is 25.2 Å². The number of ether oxygens (including phenoxy) is 1. The smallest absolute Gasteiger partial charge is 0.120 e. The third kappa shape index (κ3) is 7.82. The van der Waals surface area contributed by atoms with E-state index in [0.717, 1.165) is 22.4 Å². The predicted octanol–water partition coefficient (Wildman–Crippen LogP) is 2.92. The van der Waals surface area contributed by atoms with E-state index in [4.69, 9.17) is 4.74 Å². The summed E-state index contributed by atoms with van der Waals surface area (Å²) in [6, 6.07) is 8.05. The molecule has 2 atom stereocenters. The van der Waals surface area contributed by atoms with Crippen LogP contribution in [0.1, 0.15) is 13.3 Å². The second kappa shape index (κ2) is 9.64. The molecule has 19 heavy (non-hydrogen) atoms. The minimum absolute atomic E-state index is 0.304. The zero-order valence-electron chi connectivity index (χ0n) is 11.4. The van der Waals surface area contributed by atoms with Crippen molar-refractivity contribution in [1.82, 2.24) is 5.32 Å². The monoisotopic (exact) mass is 347 g/mol. The lowest BCUT2D eigenvalue weighted by Gasteiger charge is -2.17. The molecule has 0 fully saturated rings. The predicted molar refractivity (Wildman–Crippen MR) is 86.1 cm³/mol. The highest BCUT2D eigenvalue weighted by Gasteiger charge is 2.08. The second-order valence-electron chi connectivity index (χ2n) is 4.51. The average molecular weight is 348 g/mol. The van der Waals surface area contributed by atoms with Crippen LogP contribution in [0.2, 0.25) is 0 Å². The van der Waals surface area contributed by atoms with Gasteiger partial charge in [-0.15, -0.1) is 0 Å². The van der Waals surface area contributed by atoms with Gasteiger partial charge in [0.2, 0.25) is 0 Å². The van der Waals surface area contributed by atoms with E-state index < -0.39 is 6.10 Å². The summed E-state index contributed by atoms with van der Waals surface area (Å²) in [5.41, 5.74) is 0. The fourth-order valence-corrected chi connectivity index (χ4v) is 2.51. The average Bonchev–Trinajstić information content (AvgIpc) is 2.40. The van der Waals surface area contributed by atoms with Gasteiger partial charge < -0.3 is 15.2 Å². The van der Waals surface area contributed by atoms with Crippen LogP contribution in [0, 0.1) is 0 Å². The van der Waals surface area contributed by atoms with Crippen LogP contribution in [-0.2, 0) is 0 Å². The van der Waals surface area contributed by atoms with E-state index in [1.54, 1.807) is 0 Å². The van der Waals surface area contributed by atoms with Crippen LogP contribution in [0.4, 0.5) is 0 Å². The summed E-state index contributed by atoms with van der Waals surface area (Å²) in [5, 5.41) is 13.2. The number of hydrogen-bond acceptors (Lipinski definition) is 4. The van der Waals surface area contributed by atoms with Crippen LogP contribution >= 0.6 is 27.7 Å². The standard InChI is InChI=1S/C14H22BrNO2S/c1-11(6-7-19-2)16-9-13(17)10-18-14-5-3-4-12(15)8-14/h3-5,8,11,13,16-17H,6-7,9-10H2,1-2H3. The summed E-state index contributed by atoms with van der Waals surface area (Å²) in [6.07, 6.45) is 2.73. The fraction of sp³-hybridized carbons (Fsp3) is 0.571. The minimum atomic E-state index is -0.490. The lowest BCUT2D eigenvalue weighted by atomic mass is 10.2. The van der Waals surface area contributed by atoms with Gasteiger partial charge in [-0.1, -0.05) is 22.0 Å². The lowest BCUT2D eigenvalue weighted by Crippen LogP contribution is -2.36. The van der Waals surface area contributed by atoms with Crippen molar-refractivity contribution in [2.45, 2.75) is 25.5 Å². The first-order chi connectivity index (χ1) is 9.11. The maximum absolute atomic E-state index is 9.85. The van der Waals surface area contributed by atoms with Crippen LogP contribution in [0.15, 0.2) is 28.7 Å². The van der Waals surface area contributed by atoms with Gasteiger partial charge >= 0.3 is 0 Å². The molecule has 0 aromatic heterocycles. The number of rotatable bonds is 9. The van der Waals surface area contributed by atoms with Crippen LogP contribution in [0.5, 0.6) is 5.75 Å². The zero-order valence-corrected chi connectivity index (χ0v) is 13.8. The van der Waals surface area contributed by atoms with Gasteiger partial charge in [0, 0.05) is 17.1 Å². The van der Waals surface area contributed by atoms with Crippen molar-refractivity contribution in [3.05, 3.63) is 28.7 Å². The van der Waals surface area contributed by atoms with Gasteiger partial charge in [-0.2, -0.15) is 11.8 Å². The van der Waals surface area contributed by atoms with Crippen molar-refractivity contribution in [2.24, 2.45) is 0 Å². The van der Waals surface area contributed by atoms with Crippen LogP contribution in [0.25, 0.3) is 0 Å². The number of benzene rings is 1. The Kier molecular flexibility index (Phi) is 8.53. The number of nitrogens with one attached hydrogen (secondary N) is 1. The minimum Gasteiger partial charge on any atom is -0.491 e. The van der Waals surface area contributed by atoms with E-state index in [9.17, 15) is 5.11 Å². The maximum Gasteiger partial charge on any atom is 0.120 e. The van der Waals surface area contributed by atoms with Crippen LogP contribution < -0.4 is 10.1 Å². The number of halogens is 1. The molecule has 1 aromatic carbocycles. The molecule has 5 heteroatoms. The van der Waals surface area contributed by atoms with E-state index in [1.165, 1.54) is 0 Å². The molecular formula is C14H22BrNO2S. The van der Waals surface area contributed by atoms with Crippen LogP contribution in [-0.4, -0.2) is 42.4 Å². The topological polar surface area (TPSA) is 41.5 Å². The first kappa shape index (κ1) is 16.8. The highest BCUT2D eigenvalue weighted by Crippen LogP contribution is 2.17. The molecule has 0 spiro atoms. The van der Waals surface area contributed by atoms with Gasteiger partial charge in [0.05, 0.1) is 0 Å². The zero-order chi connectivity index (χ0) is 14.1. The molecule has 2 N–H and O–H groups in total. The number of thioether (sulfide) groups is 1. The molecule has 0 radical (unpaired) electrons. The summed E-state index contributed by atoms with van der Waals surface area (Å²) >= 11 is 5.23. The summed E-state index contributed by atoms with van der Waals surface area (Å²) in [5.74, 6) is 1.91. The third-order valence-corrected chi connectivity index (χ3v) is 3.83. The Morgan fingerprint density at radius 2 is 2.26 bits per heavy atom. The second-order valence-corrected chi connectivity index (χ2v) is 6.41. The summed E-state index contributed by atoms with van der Waals surface area (Å²) in [6.45, 7) is 3.00. The van der Waals surface area contributed by atoms with Gasteiger partial charge in [-0.25, -0.2) is 0 Å². The first-order valence-electron chi connectivity index (χ1n) is 6.40. The molecule has 1 rings (SSSR count). The van der Waals surface area contributed by atoms with Crippen molar-refractivity contribution in [1.29, 1.82) is 0 Å². The molecule has 0 amide bonds. The normalized spacial score (nSPS) is 14.1. The number of hydrogen-bond donors (Lipinski definition) is 2. The van der Waals surface area contributed by atoms with Crippen molar-refractivity contribution >= 4 is 27.7 Å². The van der Waals surface area contributed by atoms with Gasteiger partial charge in [-0.05, 0) is 43.6 Å². The Labute approximate surface area is 128 Å². The van der Waals surface area contributed by atoms with Gasteiger partial charge in [0.15, 0.2) is 0 Å². The highest BCUT2D eigenvalue weighted by atomic mass is 79.9. The maximum atomic E-state index is 9.85. The van der Waals surface area contributed by atoms with Crippen molar-refractivity contribution < 1.29 is 9.84 Å².